The number of nitrogens with two attached hydrogens (primary N) is 1. The van der Waals surface area contributed by atoms with E-state index in [0.717, 1.165) is 49.3 Å². The smallest absolute Gasteiger partial charge is 0.308 e. The molecule has 1 saturated carbocycles. The SMILES string of the molecule is COC(=O)C1CCC(N(C)Cc2ccc(N)c(C)n2)CC1. The van der Waals surface area contributed by atoms with Crippen molar-refractivity contribution in [3.63, 3.8) is 0 Å². The molecule has 0 aliphatic heterocycles. The zero-order valence-corrected chi connectivity index (χ0v) is 13.1. The predicted octanol–water partition coefficient (Wildman–Crippen LogP) is 2.14. The summed E-state index contributed by atoms with van der Waals surface area (Å²) in [4.78, 5) is 18.4. The third kappa shape index (κ3) is 3.94. The highest BCUT2D eigenvalue weighted by Crippen LogP contribution is 2.28. The molecule has 0 spiro atoms. The van der Waals surface area contributed by atoms with Crippen LogP contribution >= 0.6 is 0 Å². The van der Waals surface area contributed by atoms with Crippen LogP contribution in [0.3, 0.4) is 0 Å². The molecule has 0 saturated heterocycles. The second-order valence-corrected chi connectivity index (χ2v) is 5.92. The fraction of sp³-hybridized carbons (Fsp3) is 0.625. The lowest BCUT2D eigenvalue weighted by Gasteiger charge is -2.33. The van der Waals surface area contributed by atoms with Gasteiger partial charge < -0.3 is 10.5 Å². The number of ether oxygens (including phenoxy) is 1. The number of anilines is 1. The highest BCUT2D eigenvalue weighted by atomic mass is 16.5. The van der Waals surface area contributed by atoms with Crippen molar-refractivity contribution in [3.05, 3.63) is 23.5 Å². The number of nitrogens with zero attached hydrogens (tertiary/aromatic N) is 2. The highest BCUT2D eigenvalue weighted by Gasteiger charge is 2.28. The van der Waals surface area contributed by atoms with Crippen molar-refractivity contribution in [2.24, 2.45) is 5.92 Å². The molecule has 1 aliphatic rings. The number of aryl methyl sites for hydroxylation is 1. The maximum absolute atomic E-state index is 11.5. The van der Waals surface area contributed by atoms with Gasteiger partial charge >= 0.3 is 5.97 Å². The second kappa shape index (κ2) is 6.89. The van der Waals surface area contributed by atoms with E-state index in [1.165, 1.54) is 7.11 Å². The molecular formula is C16H25N3O2. The Hall–Kier alpha value is -1.62. The van der Waals surface area contributed by atoms with Crippen molar-refractivity contribution in [1.29, 1.82) is 0 Å². The summed E-state index contributed by atoms with van der Waals surface area (Å²) in [5.41, 5.74) is 8.46. The lowest BCUT2D eigenvalue weighted by molar-refractivity contribution is -0.146. The van der Waals surface area contributed by atoms with Gasteiger partial charge in [-0.2, -0.15) is 0 Å². The topological polar surface area (TPSA) is 68.5 Å². The van der Waals surface area contributed by atoms with Gasteiger partial charge in [-0.3, -0.25) is 14.7 Å². The van der Waals surface area contributed by atoms with E-state index in [1.54, 1.807) is 0 Å². The maximum Gasteiger partial charge on any atom is 0.308 e. The maximum atomic E-state index is 11.5. The van der Waals surface area contributed by atoms with Crippen LogP contribution in [0.1, 0.15) is 37.1 Å². The first-order valence-electron chi connectivity index (χ1n) is 7.51. The van der Waals surface area contributed by atoms with Crippen molar-refractivity contribution in [2.75, 3.05) is 19.9 Å². The number of hydrogen-bond donors (Lipinski definition) is 1. The first kappa shape index (κ1) is 15.8. The standard InChI is InChI=1S/C16H25N3O2/c1-11-15(17)9-6-13(18-11)10-19(2)14-7-4-12(5-8-14)16(20)21-3/h6,9,12,14H,4-5,7-8,10,17H2,1-3H3. The Morgan fingerprint density at radius 3 is 2.62 bits per heavy atom. The molecule has 0 bridgehead atoms. The first-order chi connectivity index (χ1) is 10.0. The lowest BCUT2D eigenvalue weighted by Crippen LogP contribution is -2.36. The van der Waals surface area contributed by atoms with Gasteiger partial charge in [-0.15, -0.1) is 0 Å². The highest BCUT2D eigenvalue weighted by molar-refractivity contribution is 5.72. The van der Waals surface area contributed by atoms with E-state index in [1.807, 2.05) is 19.1 Å². The summed E-state index contributed by atoms with van der Waals surface area (Å²) < 4.78 is 4.83. The molecule has 5 heteroatoms. The number of pyridine rings is 1. The van der Waals surface area contributed by atoms with Crippen molar-refractivity contribution in [3.8, 4) is 0 Å². The normalized spacial score (nSPS) is 22.3. The van der Waals surface area contributed by atoms with Gasteiger partial charge in [0.15, 0.2) is 0 Å². The van der Waals surface area contributed by atoms with E-state index in [-0.39, 0.29) is 11.9 Å². The number of hydrogen-bond acceptors (Lipinski definition) is 5. The zero-order valence-electron chi connectivity index (χ0n) is 13.1. The van der Waals surface area contributed by atoms with E-state index in [9.17, 15) is 4.79 Å². The number of nitrogen functional groups attached to an aromatic ring is 1. The number of aromatic nitrogens is 1. The average molecular weight is 291 g/mol. The van der Waals surface area contributed by atoms with Crippen LogP contribution in [0, 0.1) is 12.8 Å². The summed E-state index contributed by atoms with van der Waals surface area (Å²) in [6.45, 7) is 2.75. The average Bonchev–Trinajstić information content (AvgIpc) is 2.50. The summed E-state index contributed by atoms with van der Waals surface area (Å²) in [5.74, 6) is 0.0171. The van der Waals surface area contributed by atoms with Gasteiger partial charge in [-0.25, -0.2) is 0 Å². The van der Waals surface area contributed by atoms with Gasteiger partial charge in [-0.1, -0.05) is 0 Å². The van der Waals surface area contributed by atoms with Crippen molar-refractivity contribution in [2.45, 2.75) is 45.2 Å². The molecular weight excluding hydrogens is 266 g/mol. The lowest BCUT2D eigenvalue weighted by atomic mass is 9.85. The van der Waals surface area contributed by atoms with Crippen LogP contribution in [0.25, 0.3) is 0 Å². The van der Waals surface area contributed by atoms with Crippen molar-refractivity contribution in [1.82, 2.24) is 9.88 Å². The van der Waals surface area contributed by atoms with Gasteiger partial charge in [0.1, 0.15) is 0 Å². The first-order valence-corrected chi connectivity index (χ1v) is 7.51. The number of esters is 1. The number of carbonyl (C=O) groups excluding carboxylic acids is 1. The molecule has 5 nitrogen and oxygen atoms in total. The van der Waals surface area contributed by atoms with Crippen LogP contribution in [-0.4, -0.2) is 36.1 Å². The minimum Gasteiger partial charge on any atom is -0.469 e. The third-order valence-corrected chi connectivity index (χ3v) is 4.45. The van der Waals surface area contributed by atoms with Crippen molar-refractivity contribution >= 4 is 11.7 Å². The Bertz CT molecular complexity index is 496. The van der Waals surface area contributed by atoms with E-state index in [0.29, 0.717) is 6.04 Å². The molecule has 1 aliphatic carbocycles. The van der Waals surface area contributed by atoms with Gasteiger partial charge in [0.25, 0.3) is 0 Å². The summed E-state index contributed by atoms with van der Waals surface area (Å²) in [5, 5.41) is 0. The fourth-order valence-corrected chi connectivity index (χ4v) is 3.02. The Morgan fingerprint density at radius 1 is 1.38 bits per heavy atom. The van der Waals surface area contributed by atoms with Crippen LogP contribution < -0.4 is 5.73 Å². The number of carbonyl (C=O) groups is 1. The molecule has 21 heavy (non-hydrogen) atoms. The summed E-state index contributed by atoms with van der Waals surface area (Å²) in [6, 6.07) is 4.41. The molecule has 116 valence electrons. The van der Waals surface area contributed by atoms with Crippen molar-refractivity contribution < 1.29 is 9.53 Å². The van der Waals surface area contributed by atoms with Gasteiger partial charge in [0, 0.05) is 12.6 Å². The van der Waals surface area contributed by atoms with Crippen LogP contribution in [0.15, 0.2) is 12.1 Å². The molecule has 0 unspecified atom stereocenters. The quantitative estimate of drug-likeness (QED) is 0.861. The molecule has 0 radical (unpaired) electrons. The van der Waals surface area contributed by atoms with E-state index < -0.39 is 0 Å². The third-order valence-electron chi connectivity index (χ3n) is 4.45. The minimum atomic E-state index is -0.0630. The van der Waals surface area contributed by atoms with Crippen LogP contribution in [0.4, 0.5) is 5.69 Å². The second-order valence-electron chi connectivity index (χ2n) is 5.92. The number of rotatable bonds is 4. The Balaban J connectivity index is 1.88. The Kier molecular flexibility index (Phi) is 5.17. The molecule has 2 N–H and O–H groups in total. The molecule has 2 rings (SSSR count). The van der Waals surface area contributed by atoms with Crippen LogP contribution in [0.5, 0.6) is 0 Å². The Labute approximate surface area is 126 Å². The fourth-order valence-electron chi connectivity index (χ4n) is 3.02. The molecule has 1 aromatic heterocycles. The van der Waals surface area contributed by atoms with Crippen LogP contribution in [-0.2, 0) is 16.1 Å². The number of methoxy groups -OCH3 is 1. The van der Waals surface area contributed by atoms with Gasteiger partial charge in [0.05, 0.1) is 30.1 Å². The Morgan fingerprint density at radius 2 is 2.05 bits per heavy atom. The minimum absolute atomic E-state index is 0.0630. The zero-order chi connectivity index (χ0) is 15.4. The summed E-state index contributed by atoms with van der Waals surface area (Å²) in [6.07, 6.45) is 3.89. The molecule has 0 atom stereocenters. The van der Waals surface area contributed by atoms with E-state index >= 15 is 0 Å². The monoisotopic (exact) mass is 291 g/mol. The molecule has 1 fully saturated rings. The molecule has 1 aromatic rings. The summed E-state index contributed by atoms with van der Waals surface area (Å²) in [7, 11) is 3.59. The molecule has 1 heterocycles. The van der Waals surface area contributed by atoms with Gasteiger partial charge in [-0.05, 0) is 51.8 Å². The molecule has 0 aromatic carbocycles. The molecule has 0 amide bonds. The summed E-state index contributed by atoms with van der Waals surface area (Å²) >= 11 is 0. The predicted molar refractivity (Wildman–Crippen MR) is 82.6 cm³/mol. The largest absolute Gasteiger partial charge is 0.469 e. The van der Waals surface area contributed by atoms with E-state index in [4.69, 9.17) is 10.5 Å². The van der Waals surface area contributed by atoms with Crippen LogP contribution in [0.2, 0.25) is 0 Å². The van der Waals surface area contributed by atoms with E-state index in [2.05, 4.69) is 16.9 Å². The van der Waals surface area contributed by atoms with Gasteiger partial charge in [0.2, 0.25) is 0 Å².